The molecule has 0 aromatic rings. The van der Waals surface area contributed by atoms with Crippen LogP contribution in [0.5, 0.6) is 0 Å². The Balaban J connectivity index is 1.47. The standard InChI is InChI=1S/C17H30N2O3/c1-16(2)13(12-5-9-22-14(12)16)19-15(20)18-11-17(6-4-7-17)8-10-21-3/h12-14H,4-11H2,1-3H3,(H2,18,19,20). The van der Waals surface area contributed by atoms with Crippen LogP contribution in [-0.2, 0) is 9.47 Å². The number of urea groups is 1. The molecule has 2 amide bonds. The molecule has 2 aliphatic carbocycles. The summed E-state index contributed by atoms with van der Waals surface area (Å²) in [6.07, 6.45) is 6.09. The molecule has 3 atom stereocenters. The van der Waals surface area contributed by atoms with Crippen LogP contribution in [0.25, 0.3) is 0 Å². The SMILES string of the molecule is COCCC1(CNC(=O)NC2C3CCOC3C2(C)C)CCC1. The third-order valence-corrected chi connectivity index (χ3v) is 6.26. The second-order valence-electron chi connectivity index (χ2n) is 7.97. The Labute approximate surface area is 133 Å². The van der Waals surface area contributed by atoms with E-state index in [-0.39, 0.29) is 22.9 Å². The van der Waals surface area contributed by atoms with E-state index in [1.54, 1.807) is 7.11 Å². The zero-order valence-electron chi connectivity index (χ0n) is 14.1. The Bertz CT molecular complexity index is 420. The summed E-state index contributed by atoms with van der Waals surface area (Å²) in [7, 11) is 1.74. The van der Waals surface area contributed by atoms with Gasteiger partial charge in [-0.1, -0.05) is 20.3 Å². The molecule has 2 saturated carbocycles. The molecule has 22 heavy (non-hydrogen) atoms. The highest BCUT2D eigenvalue weighted by molar-refractivity contribution is 5.74. The number of nitrogens with one attached hydrogen (secondary N) is 2. The highest BCUT2D eigenvalue weighted by Crippen LogP contribution is 2.52. The number of rotatable bonds is 6. The summed E-state index contributed by atoms with van der Waals surface area (Å²) in [6, 6.07) is 0.212. The summed E-state index contributed by atoms with van der Waals surface area (Å²) in [5.41, 5.74) is 0.310. The molecule has 0 aromatic heterocycles. The molecule has 5 heteroatoms. The van der Waals surface area contributed by atoms with Crippen molar-refractivity contribution in [2.75, 3.05) is 26.9 Å². The quantitative estimate of drug-likeness (QED) is 0.791. The van der Waals surface area contributed by atoms with E-state index in [0.29, 0.717) is 12.0 Å². The number of carbonyl (C=O) groups excluding carboxylic acids is 1. The molecule has 0 aromatic carbocycles. The van der Waals surface area contributed by atoms with Gasteiger partial charge >= 0.3 is 6.03 Å². The number of hydrogen-bond donors (Lipinski definition) is 2. The minimum atomic E-state index is -0.0212. The van der Waals surface area contributed by atoms with E-state index in [0.717, 1.165) is 32.6 Å². The molecule has 3 aliphatic rings. The van der Waals surface area contributed by atoms with Crippen molar-refractivity contribution in [1.82, 2.24) is 10.6 Å². The van der Waals surface area contributed by atoms with Crippen LogP contribution in [0.2, 0.25) is 0 Å². The Hall–Kier alpha value is -0.810. The lowest BCUT2D eigenvalue weighted by atomic mass is 9.57. The lowest BCUT2D eigenvalue weighted by Crippen LogP contribution is -2.68. The van der Waals surface area contributed by atoms with E-state index in [1.165, 1.54) is 19.3 Å². The Morgan fingerprint density at radius 3 is 2.77 bits per heavy atom. The first-order chi connectivity index (χ1) is 10.5. The Morgan fingerprint density at radius 1 is 1.36 bits per heavy atom. The van der Waals surface area contributed by atoms with Crippen LogP contribution in [0, 0.1) is 16.7 Å². The van der Waals surface area contributed by atoms with Gasteiger partial charge in [0.1, 0.15) is 0 Å². The molecule has 1 heterocycles. The van der Waals surface area contributed by atoms with Crippen molar-refractivity contribution in [3.05, 3.63) is 0 Å². The van der Waals surface area contributed by atoms with Crippen molar-refractivity contribution < 1.29 is 14.3 Å². The van der Waals surface area contributed by atoms with Crippen molar-refractivity contribution in [3.8, 4) is 0 Å². The summed E-state index contributed by atoms with van der Waals surface area (Å²) >= 11 is 0. The van der Waals surface area contributed by atoms with Crippen LogP contribution in [0.4, 0.5) is 4.79 Å². The van der Waals surface area contributed by atoms with Crippen molar-refractivity contribution in [2.24, 2.45) is 16.7 Å². The fourth-order valence-corrected chi connectivity index (χ4v) is 4.59. The average molecular weight is 310 g/mol. The number of amides is 2. The maximum atomic E-state index is 12.3. The molecule has 1 aliphatic heterocycles. The second kappa shape index (κ2) is 6.00. The topological polar surface area (TPSA) is 59.6 Å². The van der Waals surface area contributed by atoms with E-state index in [2.05, 4.69) is 24.5 Å². The smallest absolute Gasteiger partial charge is 0.315 e. The molecule has 3 fully saturated rings. The first-order valence-electron chi connectivity index (χ1n) is 8.63. The largest absolute Gasteiger partial charge is 0.385 e. The van der Waals surface area contributed by atoms with E-state index in [1.807, 2.05) is 0 Å². The van der Waals surface area contributed by atoms with Crippen LogP contribution in [-0.4, -0.2) is 45.0 Å². The van der Waals surface area contributed by atoms with Crippen LogP contribution < -0.4 is 10.6 Å². The van der Waals surface area contributed by atoms with Gasteiger partial charge in [-0.2, -0.15) is 0 Å². The number of methoxy groups -OCH3 is 1. The number of fused-ring (bicyclic) bond motifs is 1. The lowest BCUT2D eigenvalue weighted by Gasteiger charge is -2.54. The van der Waals surface area contributed by atoms with Gasteiger partial charge in [-0.15, -0.1) is 0 Å². The second-order valence-corrected chi connectivity index (χ2v) is 7.97. The van der Waals surface area contributed by atoms with E-state index in [4.69, 9.17) is 9.47 Å². The summed E-state index contributed by atoms with van der Waals surface area (Å²) in [6.45, 7) is 6.76. The fraction of sp³-hybridized carbons (Fsp3) is 0.941. The van der Waals surface area contributed by atoms with Crippen molar-refractivity contribution >= 4 is 6.03 Å². The molecule has 126 valence electrons. The molecule has 3 rings (SSSR count). The molecule has 2 N–H and O–H groups in total. The first kappa shape index (κ1) is 16.1. The number of hydrogen-bond acceptors (Lipinski definition) is 3. The molecular weight excluding hydrogens is 280 g/mol. The highest BCUT2D eigenvalue weighted by Gasteiger charge is 2.59. The first-order valence-corrected chi connectivity index (χ1v) is 8.63. The predicted octanol–water partition coefficient (Wildman–Crippen LogP) is 2.31. The van der Waals surface area contributed by atoms with Gasteiger partial charge in [0.15, 0.2) is 0 Å². The Morgan fingerprint density at radius 2 is 2.14 bits per heavy atom. The average Bonchev–Trinajstić information content (AvgIpc) is 2.90. The third-order valence-electron chi connectivity index (χ3n) is 6.26. The third kappa shape index (κ3) is 2.73. The normalized spacial score (nSPS) is 34.2. The Kier molecular flexibility index (Phi) is 4.38. The van der Waals surface area contributed by atoms with Crippen molar-refractivity contribution in [2.45, 2.75) is 58.1 Å². The van der Waals surface area contributed by atoms with Gasteiger partial charge in [-0.25, -0.2) is 4.79 Å². The van der Waals surface area contributed by atoms with Crippen molar-refractivity contribution in [3.63, 3.8) is 0 Å². The number of ether oxygens (including phenoxy) is 2. The maximum Gasteiger partial charge on any atom is 0.315 e. The molecule has 0 spiro atoms. The van der Waals surface area contributed by atoms with Crippen LogP contribution in [0.3, 0.4) is 0 Å². The molecule has 0 bridgehead atoms. The molecule has 3 unspecified atom stereocenters. The molecule has 1 saturated heterocycles. The van der Waals surface area contributed by atoms with Gasteiger partial charge in [0, 0.05) is 44.2 Å². The van der Waals surface area contributed by atoms with Crippen molar-refractivity contribution in [1.29, 1.82) is 0 Å². The zero-order chi connectivity index (χ0) is 15.8. The number of carbonyl (C=O) groups is 1. The van der Waals surface area contributed by atoms with Gasteiger partial charge in [0.25, 0.3) is 0 Å². The molecule has 0 radical (unpaired) electrons. The lowest BCUT2D eigenvalue weighted by molar-refractivity contribution is -0.108. The minimum Gasteiger partial charge on any atom is -0.385 e. The van der Waals surface area contributed by atoms with Gasteiger partial charge in [-0.05, 0) is 31.1 Å². The van der Waals surface area contributed by atoms with Gasteiger partial charge in [0.2, 0.25) is 0 Å². The van der Waals surface area contributed by atoms with Gasteiger partial charge < -0.3 is 20.1 Å². The summed E-state index contributed by atoms with van der Waals surface area (Å²) < 4.78 is 11.0. The molecule has 5 nitrogen and oxygen atoms in total. The van der Waals surface area contributed by atoms with Crippen LogP contribution in [0.15, 0.2) is 0 Å². The summed E-state index contributed by atoms with van der Waals surface area (Å²) in [5, 5.41) is 6.30. The van der Waals surface area contributed by atoms with E-state index in [9.17, 15) is 4.79 Å². The highest BCUT2D eigenvalue weighted by atomic mass is 16.5. The predicted molar refractivity (Wildman–Crippen MR) is 84.7 cm³/mol. The summed E-state index contributed by atoms with van der Waals surface area (Å²) in [4.78, 5) is 12.3. The summed E-state index contributed by atoms with van der Waals surface area (Å²) in [5.74, 6) is 0.493. The van der Waals surface area contributed by atoms with Crippen LogP contribution in [0.1, 0.15) is 46.0 Å². The monoisotopic (exact) mass is 310 g/mol. The van der Waals surface area contributed by atoms with E-state index >= 15 is 0 Å². The van der Waals surface area contributed by atoms with Gasteiger partial charge in [-0.3, -0.25) is 0 Å². The van der Waals surface area contributed by atoms with E-state index < -0.39 is 0 Å². The molecular formula is C17H30N2O3. The van der Waals surface area contributed by atoms with Gasteiger partial charge in [0.05, 0.1) is 6.10 Å². The zero-order valence-corrected chi connectivity index (χ0v) is 14.1. The minimum absolute atomic E-state index is 0.0212. The maximum absolute atomic E-state index is 12.3. The fourth-order valence-electron chi connectivity index (χ4n) is 4.59. The van der Waals surface area contributed by atoms with Crippen LogP contribution >= 0.6 is 0 Å².